The van der Waals surface area contributed by atoms with Crippen molar-refractivity contribution in [2.24, 2.45) is 0 Å². The number of nitrogens with zero attached hydrogens (tertiary/aromatic N) is 1. The van der Waals surface area contributed by atoms with Crippen LogP contribution >= 0.6 is 0 Å². The summed E-state index contributed by atoms with van der Waals surface area (Å²) >= 11 is 0. The number of esters is 1. The molecule has 0 amide bonds. The first-order valence-corrected chi connectivity index (χ1v) is 18.3. The van der Waals surface area contributed by atoms with Crippen LogP contribution in [0.3, 0.4) is 0 Å². The van der Waals surface area contributed by atoms with Crippen molar-refractivity contribution in [1.82, 2.24) is 4.57 Å². The fourth-order valence-corrected chi connectivity index (χ4v) is 5.15. The van der Waals surface area contributed by atoms with E-state index in [4.69, 9.17) is 28.4 Å². The van der Waals surface area contributed by atoms with Gasteiger partial charge in [-0.2, -0.15) is 0 Å². The lowest BCUT2D eigenvalue weighted by Crippen LogP contribution is -2.23. The number of benzene rings is 3. The minimum absolute atomic E-state index is 0.0684. The summed E-state index contributed by atoms with van der Waals surface area (Å²) < 4.78 is 36.0. The summed E-state index contributed by atoms with van der Waals surface area (Å²) in [6.07, 6.45) is 1.50. The summed E-state index contributed by atoms with van der Waals surface area (Å²) in [7, 11) is 1.92. The molecule has 4 rings (SSSR count). The molecule has 0 aliphatic carbocycles. The maximum absolute atomic E-state index is 13.6. The molecule has 3 aromatic carbocycles. The number of carbonyl (C=O) groups is 1. The van der Waals surface area contributed by atoms with Crippen LogP contribution in [0.25, 0.3) is 10.9 Å². The van der Waals surface area contributed by atoms with E-state index in [0.717, 1.165) is 28.7 Å². The molecule has 0 unspecified atom stereocenters. The molecule has 0 saturated heterocycles. The van der Waals surface area contributed by atoms with E-state index in [9.17, 15) is 9.59 Å². The number of ether oxygens (including phenoxy) is 6. The second-order valence-electron chi connectivity index (χ2n) is 11.5. The number of methoxy groups -OCH3 is 2. The first-order chi connectivity index (χ1) is 21.1. The maximum Gasteiger partial charge on any atom is 0.343 e. The first kappa shape index (κ1) is 32.6. The summed E-state index contributed by atoms with van der Waals surface area (Å²) in [5.41, 5.74) is 1.86. The Morgan fingerprint density at radius 1 is 0.818 bits per heavy atom. The van der Waals surface area contributed by atoms with Crippen molar-refractivity contribution < 1.29 is 33.2 Å². The molecule has 0 fully saturated rings. The van der Waals surface area contributed by atoms with Crippen molar-refractivity contribution in [2.45, 2.75) is 52.6 Å². The van der Waals surface area contributed by atoms with Crippen LogP contribution in [-0.2, 0) is 29.4 Å². The molecule has 0 N–H and O–H groups in total. The fourth-order valence-electron chi connectivity index (χ4n) is 4.39. The quantitative estimate of drug-likeness (QED) is 0.0828. The highest BCUT2D eigenvalue weighted by atomic mass is 28.3. The highest BCUT2D eigenvalue weighted by Gasteiger charge is 2.20. The van der Waals surface area contributed by atoms with Crippen molar-refractivity contribution in [2.75, 3.05) is 27.4 Å². The Morgan fingerprint density at radius 3 is 1.86 bits per heavy atom. The molecule has 0 bridgehead atoms. The van der Waals surface area contributed by atoms with Crippen LogP contribution in [0.4, 0.5) is 0 Å². The smallest absolute Gasteiger partial charge is 0.343 e. The van der Waals surface area contributed by atoms with Crippen LogP contribution in [0.1, 0.15) is 28.4 Å². The molecule has 44 heavy (non-hydrogen) atoms. The van der Waals surface area contributed by atoms with E-state index in [1.807, 2.05) is 48.5 Å². The molecular weight excluding hydrogens is 578 g/mol. The summed E-state index contributed by atoms with van der Waals surface area (Å²) in [5.74, 6) is 1.61. The Morgan fingerprint density at radius 2 is 1.36 bits per heavy atom. The zero-order chi connectivity index (χ0) is 31.7. The van der Waals surface area contributed by atoms with Crippen molar-refractivity contribution in [3.8, 4) is 23.0 Å². The van der Waals surface area contributed by atoms with Gasteiger partial charge in [-0.05, 0) is 54.4 Å². The van der Waals surface area contributed by atoms with E-state index in [1.165, 1.54) is 6.20 Å². The molecule has 0 aliphatic rings. The van der Waals surface area contributed by atoms with E-state index in [1.54, 1.807) is 37.8 Å². The van der Waals surface area contributed by atoms with Gasteiger partial charge < -0.3 is 33.0 Å². The maximum atomic E-state index is 13.6. The van der Waals surface area contributed by atoms with E-state index < -0.39 is 19.5 Å². The lowest BCUT2D eigenvalue weighted by molar-refractivity contribution is 0.0521. The monoisotopic (exact) mass is 619 g/mol. The third-order valence-electron chi connectivity index (χ3n) is 6.97. The topological polar surface area (TPSA) is 94.5 Å². The molecule has 4 aromatic rings. The number of pyridine rings is 1. The molecule has 9 nitrogen and oxygen atoms in total. The van der Waals surface area contributed by atoms with Gasteiger partial charge in [0.05, 0.1) is 31.7 Å². The lowest BCUT2D eigenvalue weighted by atomic mass is 10.1. The predicted molar refractivity (Wildman–Crippen MR) is 173 cm³/mol. The zero-order valence-corrected chi connectivity index (χ0v) is 27.3. The van der Waals surface area contributed by atoms with Gasteiger partial charge in [0.15, 0.2) is 11.5 Å². The van der Waals surface area contributed by atoms with Crippen molar-refractivity contribution >= 4 is 24.9 Å². The third kappa shape index (κ3) is 8.64. The van der Waals surface area contributed by atoms with Crippen LogP contribution in [0.15, 0.2) is 71.7 Å². The molecule has 0 spiro atoms. The number of hydrogen-bond donors (Lipinski definition) is 0. The fraction of sp³-hybridized carbons (Fsp3) is 0.353. The normalized spacial score (nSPS) is 11.3. The van der Waals surface area contributed by atoms with E-state index in [-0.39, 0.29) is 32.1 Å². The van der Waals surface area contributed by atoms with Crippen LogP contribution in [0.5, 0.6) is 23.0 Å². The Balaban J connectivity index is 1.75. The number of rotatable bonds is 15. The minimum Gasteiger partial charge on any atom is -0.497 e. The van der Waals surface area contributed by atoms with Gasteiger partial charge in [0.2, 0.25) is 5.43 Å². The van der Waals surface area contributed by atoms with Gasteiger partial charge >= 0.3 is 5.97 Å². The molecule has 10 heteroatoms. The highest BCUT2D eigenvalue weighted by molar-refractivity contribution is 6.76. The van der Waals surface area contributed by atoms with Crippen LogP contribution < -0.4 is 24.4 Å². The van der Waals surface area contributed by atoms with Gasteiger partial charge in [-0.1, -0.05) is 43.9 Å². The Kier molecular flexibility index (Phi) is 11.1. The van der Waals surface area contributed by atoms with Gasteiger partial charge in [-0.3, -0.25) is 4.79 Å². The van der Waals surface area contributed by atoms with E-state index in [2.05, 4.69) is 19.6 Å². The first-order valence-electron chi connectivity index (χ1n) is 14.6. The molecule has 1 heterocycles. The third-order valence-corrected chi connectivity index (χ3v) is 8.68. The number of aromatic nitrogens is 1. The Hall–Kier alpha value is -4.28. The number of hydrogen-bond acceptors (Lipinski definition) is 8. The minimum atomic E-state index is -1.32. The Labute approximate surface area is 259 Å². The lowest BCUT2D eigenvalue weighted by Gasteiger charge is -2.19. The van der Waals surface area contributed by atoms with E-state index in [0.29, 0.717) is 29.0 Å². The van der Waals surface area contributed by atoms with Gasteiger partial charge in [0, 0.05) is 26.9 Å². The van der Waals surface area contributed by atoms with Crippen LogP contribution in [-0.4, -0.2) is 46.0 Å². The Bertz CT molecular complexity index is 1610. The second kappa shape index (κ2) is 14.9. The average molecular weight is 620 g/mol. The molecule has 1 aromatic heterocycles. The van der Waals surface area contributed by atoms with Gasteiger partial charge in [-0.15, -0.1) is 0 Å². The van der Waals surface area contributed by atoms with Crippen molar-refractivity contribution in [3.63, 3.8) is 0 Å². The van der Waals surface area contributed by atoms with Crippen LogP contribution in [0, 0.1) is 0 Å². The molecule has 0 radical (unpaired) electrons. The SMILES string of the molecule is CCOC(=O)c1cn(COCC[Si](C)(C)C)c2cc(OCc3ccc(OC)cc3)c(OCc3ccc(OC)cc3)cc2c1=O. The zero-order valence-electron chi connectivity index (χ0n) is 26.3. The molecule has 0 saturated carbocycles. The average Bonchev–Trinajstić information content (AvgIpc) is 3.02. The number of carbonyl (C=O) groups excluding carboxylic acids is 1. The van der Waals surface area contributed by atoms with Gasteiger partial charge in [0.25, 0.3) is 0 Å². The predicted octanol–water partition coefficient (Wildman–Crippen LogP) is 6.67. The largest absolute Gasteiger partial charge is 0.497 e. The van der Waals surface area contributed by atoms with Crippen molar-refractivity contribution in [3.05, 3.63) is 93.8 Å². The van der Waals surface area contributed by atoms with Gasteiger partial charge in [0.1, 0.15) is 37.0 Å². The summed E-state index contributed by atoms with van der Waals surface area (Å²) in [6.45, 7) is 9.90. The number of fused-ring (bicyclic) bond motifs is 1. The molecule has 234 valence electrons. The summed E-state index contributed by atoms with van der Waals surface area (Å²) in [6, 6.07) is 19.5. The highest BCUT2D eigenvalue weighted by Crippen LogP contribution is 2.34. The van der Waals surface area contributed by atoms with Crippen molar-refractivity contribution in [1.29, 1.82) is 0 Å². The molecule has 0 aliphatic heterocycles. The van der Waals surface area contributed by atoms with Crippen LogP contribution in [0.2, 0.25) is 25.7 Å². The van der Waals surface area contributed by atoms with Gasteiger partial charge in [-0.25, -0.2) is 4.79 Å². The second-order valence-corrected chi connectivity index (χ2v) is 17.1. The molecular formula is C34H41NO8Si. The standard InChI is InChI=1S/C34H41NO8Si/c1-7-41-34(37)29-20-35(23-40-16-17-44(4,5)6)30-19-32(43-22-25-10-14-27(39-3)15-11-25)31(18-28(30)33(29)36)42-21-24-8-12-26(38-2)13-9-24/h8-15,18-20H,7,16-17,21-23H2,1-6H3. The van der Waals surface area contributed by atoms with E-state index >= 15 is 0 Å². The molecule has 0 atom stereocenters. The summed E-state index contributed by atoms with van der Waals surface area (Å²) in [5, 5.41) is 0.297. The summed E-state index contributed by atoms with van der Waals surface area (Å²) in [4.78, 5) is 26.4.